The molecule has 9 nitrogen and oxygen atoms in total. The van der Waals surface area contributed by atoms with Crippen molar-refractivity contribution in [3.8, 4) is 11.5 Å². The summed E-state index contributed by atoms with van der Waals surface area (Å²) >= 11 is 5.85. The Morgan fingerprint density at radius 3 is 2.43 bits per heavy atom. The fraction of sp³-hybridized carbons (Fsp3) is 0.100. The Morgan fingerprint density at radius 2 is 1.80 bits per heavy atom. The number of methoxy groups -OCH3 is 1. The molecule has 0 atom stereocenters. The normalized spacial score (nSPS) is 15.2. The van der Waals surface area contributed by atoms with Gasteiger partial charge in [0, 0.05) is 11.1 Å². The lowest BCUT2D eigenvalue weighted by Gasteiger charge is -2.26. The van der Waals surface area contributed by atoms with E-state index >= 15 is 0 Å². The number of primary amides is 1. The molecule has 3 rings (SSSR count). The van der Waals surface area contributed by atoms with E-state index in [1.807, 2.05) is 0 Å². The largest absolute Gasteiger partial charge is 0.497 e. The van der Waals surface area contributed by atoms with Crippen LogP contribution in [0.3, 0.4) is 0 Å². The number of rotatable bonds is 6. The molecule has 1 aliphatic rings. The standard InChI is InChI=1S/C20H16ClN3O6/c1-29-14-6-11(7-15(9-14)30-10-17(22)25)8-16-18(26)23-20(28)24(19(16)27)13-4-2-12(21)3-5-13/h2-9H,10H2,1H3,(H2,22,25)(H,23,26,28). The van der Waals surface area contributed by atoms with Crippen LogP contribution in [0.2, 0.25) is 5.02 Å². The summed E-state index contributed by atoms with van der Waals surface area (Å²) in [4.78, 5) is 49.2. The third kappa shape index (κ3) is 4.58. The maximum Gasteiger partial charge on any atom is 0.335 e. The van der Waals surface area contributed by atoms with Crippen LogP contribution >= 0.6 is 11.6 Å². The number of urea groups is 1. The average molecular weight is 430 g/mol. The molecule has 0 saturated carbocycles. The topological polar surface area (TPSA) is 128 Å². The summed E-state index contributed by atoms with van der Waals surface area (Å²) in [7, 11) is 1.42. The van der Waals surface area contributed by atoms with E-state index in [0.29, 0.717) is 16.3 Å². The minimum Gasteiger partial charge on any atom is -0.497 e. The van der Waals surface area contributed by atoms with E-state index < -0.39 is 23.8 Å². The zero-order valence-corrected chi connectivity index (χ0v) is 16.4. The van der Waals surface area contributed by atoms with Crippen molar-refractivity contribution >= 4 is 47.1 Å². The van der Waals surface area contributed by atoms with Crippen LogP contribution in [0.15, 0.2) is 48.0 Å². The van der Waals surface area contributed by atoms with Gasteiger partial charge in [0.1, 0.15) is 17.1 Å². The van der Waals surface area contributed by atoms with Gasteiger partial charge < -0.3 is 15.2 Å². The van der Waals surface area contributed by atoms with Crippen LogP contribution in [0.25, 0.3) is 6.08 Å². The van der Waals surface area contributed by atoms with E-state index in [2.05, 4.69) is 5.32 Å². The number of nitrogens with one attached hydrogen (secondary N) is 1. The van der Waals surface area contributed by atoms with Crippen molar-refractivity contribution in [1.29, 1.82) is 0 Å². The Bertz CT molecular complexity index is 1060. The second kappa shape index (κ2) is 8.66. The van der Waals surface area contributed by atoms with Crippen molar-refractivity contribution in [1.82, 2.24) is 5.32 Å². The summed E-state index contributed by atoms with van der Waals surface area (Å²) in [6.07, 6.45) is 1.28. The highest BCUT2D eigenvalue weighted by Gasteiger charge is 2.36. The molecule has 0 radical (unpaired) electrons. The third-order valence-corrected chi connectivity index (χ3v) is 4.27. The van der Waals surface area contributed by atoms with Crippen molar-refractivity contribution in [2.75, 3.05) is 18.6 Å². The third-order valence-electron chi connectivity index (χ3n) is 4.02. The first kappa shape index (κ1) is 20.9. The number of anilines is 1. The Labute approximate surface area is 176 Å². The molecule has 30 heavy (non-hydrogen) atoms. The minimum absolute atomic E-state index is 0.245. The minimum atomic E-state index is -0.874. The molecule has 10 heteroatoms. The van der Waals surface area contributed by atoms with Crippen LogP contribution in [-0.4, -0.2) is 37.5 Å². The molecule has 1 aliphatic heterocycles. The number of ether oxygens (including phenoxy) is 2. The molecule has 2 aromatic carbocycles. The van der Waals surface area contributed by atoms with E-state index in [1.165, 1.54) is 49.6 Å². The smallest absolute Gasteiger partial charge is 0.335 e. The molecule has 0 aliphatic carbocycles. The van der Waals surface area contributed by atoms with Crippen molar-refractivity contribution in [2.24, 2.45) is 5.73 Å². The molecule has 0 spiro atoms. The summed E-state index contributed by atoms with van der Waals surface area (Å²) < 4.78 is 10.4. The Kier molecular flexibility index (Phi) is 6.03. The Balaban J connectivity index is 1.98. The molecule has 0 bridgehead atoms. The number of benzene rings is 2. The van der Waals surface area contributed by atoms with Crippen LogP contribution < -0.4 is 25.4 Å². The van der Waals surface area contributed by atoms with E-state index in [0.717, 1.165) is 4.90 Å². The number of carbonyl (C=O) groups excluding carboxylic acids is 4. The number of barbiturate groups is 1. The number of hydrogen-bond acceptors (Lipinski definition) is 6. The fourth-order valence-electron chi connectivity index (χ4n) is 2.68. The maximum absolute atomic E-state index is 12.9. The molecule has 1 saturated heterocycles. The van der Waals surface area contributed by atoms with Crippen LogP contribution in [0.5, 0.6) is 11.5 Å². The van der Waals surface area contributed by atoms with Crippen LogP contribution in [-0.2, 0) is 14.4 Å². The number of halogens is 1. The van der Waals surface area contributed by atoms with Crippen LogP contribution in [0.4, 0.5) is 10.5 Å². The van der Waals surface area contributed by atoms with Gasteiger partial charge in [-0.25, -0.2) is 9.69 Å². The maximum atomic E-state index is 12.9. The quantitative estimate of drug-likeness (QED) is 0.533. The lowest BCUT2D eigenvalue weighted by Crippen LogP contribution is -2.54. The van der Waals surface area contributed by atoms with Crippen molar-refractivity contribution in [2.45, 2.75) is 0 Å². The average Bonchev–Trinajstić information content (AvgIpc) is 2.70. The van der Waals surface area contributed by atoms with Gasteiger partial charge in [0.2, 0.25) is 0 Å². The van der Waals surface area contributed by atoms with E-state index in [4.69, 9.17) is 26.8 Å². The van der Waals surface area contributed by atoms with E-state index in [1.54, 1.807) is 6.07 Å². The lowest BCUT2D eigenvalue weighted by molar-refractivity contribution is -0.123. The van der Waals surface area contributed by atoms with Crippen molar-refractivity contribution in [3.05, 3.63) is 58.6 Å². The molecule has 1 heterocycles. The lowest BCUT2D eigenvalue weighted by atomic mass is 10.1. The Hall–Kier alpha value is -3.85. The van der Waals surface area contributed by atoms with Gasteiger partial charge in [0.15, 0.2) is 6.61 Å². The Morgan fingerprint density at radius 1 is 1.13 bits per heavy atom. The zero-order chi connectivity index (χ0) is 21.8. The number of carbonyl (C=O) groups is 4. The number of imide groups is 2. The fourth-order valence-corrected chi connectivity index (χ4v) is 2.81. The molecular weight excluding hydrogens is 414 g/mol. The van der Waals surface area contributed by atoms with Crippen LogP contribution in [0, 0.1) is 0 Å². The molecule has 2 aromatic rings. The summed E-state index contributed by atoms with van der Waals surface area (Å²) in [5.41, 5.74) is 5.42. The molecule has 0 aromatic heterocycles. The zero-order valence-electron chi connectivity index (χ0n) is 15.7. The van der Waals surface area contributed by atoms with Gasteiger partial charge in [-0.1, -0.05) is 11.6 Å². The summed E-state index contributed by atoms with van der Waals surface area (Å²) in [6.45, 7) is -0.360. The van der Waals surface area contributed by atoms with Gasteiger partial charge in [0.25, 0.3) is 17.7 Å². The molecule has 0 unspecified atom stereocenters. The molecule has 1 fully saturated rings. The highest BCUT2D eigenvalue weighted by Crippen LogP contribution is 2.27. The summed E-state index contributed by atoms with van der Waals surface area (Å²) in [5, 5.41) is 2.56. The highest BCUT2D eigenvalue weighted by molar-refractivity contribution is 6.39. The first-order valence-corrected chi connectivity index (χ1v) is 8.93. The SMILES string of the molecule is COc1cc(C=C2C(=O)NC(=O)N(c3ccc(Cl)cc3)C2=O)cc(OCC(N)=O)c1. The summed E-state index contributed by atoms with van der Waals surface area (Å²) in [6, 6.07) is 9.67. The van der Waals surface area contributed by atoms with Gasteiger partial charge in [-0.15, -0.1) is 0 Å². The second-order valence-electron chi connectivity index (χ2n) is 6.13. The highest BCUT2D eigenvalue weighted by atomic mass is 35.5. The predicted molar refractivity (Wildman–Crippen MR) is 108 cm³/mol. The predicted octanol–water partition coefficient (Wildman–Crippen LogP) is 1.88. The van der Waals surface area contributed by atoms with Crippen LogP contribution in [0.1, 0.15) is 5.56 Å². The number of nitrogens with two attached hydrogens (primary N) is 1. The number of hydrogen-bond donors (Lipinski definition) is 2. The molecule has 154 valence electrons. The van der Waals surface area contributed by atoms with Gasteiger partial charge in [-0.05, 0) is 48.0 Å². The van der Waals surface area contributed by atoms with Gasteiger partial charge >= 0.3 is 6.03 Å². The monoisotopic (exact) mass is 429 g/mol. The number of nitrogens with zero attached hydrogens (tertiary/aromatic N) is 1. The van der Waals surface area contributed by atoms with Gasteiger partial charge in [-0.3, -0.25) is 19.7 Å². The number of amides is 5. The van der Waals surface area contributed by atoms with Crippen molar-refractivity contribution < 1.29 is 28.7 Å². The first-order chi connectivity index (χ1) is 14.3. The molecule has 3 N–H and O–H groups in total. The molecule has 5 amide bonds. The van der Waals surface area contributed by atoms with E-state index in [-0.39, 0.29) is 23.6 Å². The van der Waals surface area contributed by atoms with Crippen molar-refractivity contribution in [3.63, 3.8) is 0 Å². The van der Waals surface area contributed by atoms with Gasteiger partial charge in [0.05, 0.1) is 12.8 Å². The first-order valence-electron chi connectivity index (χ1n) is 8.55. The molecular formula is C20H16ClN3O6. The second-order valence-corrected chi connectivity index (χ2v) is 6.57. The summed E-state index contributed by atoms with van der Waals surface area (Å²) in [5.74, 6) is -1.73. The van der Waals surface area contributed by atoms with Gasteiger partial charge in [-0.2, -0.15) is 0 Å². The van der Waals surface area contributed by atoms with E-state index in [9.17, 15) is 19.2 Å².